The third-order valence-electron chi connectivity index (χ3n) is 4.11. The van der Waals surface area contributed by atoms with E-state index < -0.39 is 0 Å². The maximum Gasteiger partial charge on any atom is 0.228 e. The molecule has 3 nitrogen and oxygen atoms in total. The van der Waals surface area contributed by atoms with E-state index in [1.165, 1.54) is 11.1 Å². The number of nitrogens with one attached hydrogen (secondary N) is 1. The van der Waals surface area contributed by atoms with E-state index in [1.54, 1.807) is 0 Å². The highest BCUT2D eigenvalue weighted by Crippen LogP contribution is 2.16. The quantitative estimate of drug-likeness (QED) is 0.708. The van der Waals surface area contributed by atoms with Crippen molar-refractivity contribution in [3.05, 3.63) is 65.7 Å². The van der Waals surface area contributed by atoms with Crippen LogP contribution in [0.4, 0.5) is 5.69 Å². The Morgan fingerprint density at radius 3 is 2.54 bits per heavy atom. The molecule has 2 aromatic rings. The van der Waals surface area contributed by atoms with Gasteiger partial charge in [0.1, 0.15) is 0 Å². The van der Waals surface area contributed by atoms with Crippen molar-refractivity contribution in [1.82, 2.24) is 5.32 Å². The Bertz CT molecular complexity index is 625. The molecular formula is C21H28N2O. The molecule has 0 spiro atoms. The summed E-state index contributed by atoms with van der Waals surface area (Å²) in [5, 5.41) is 3.38. The predicted molar refractivity (Wildman–Crippen MR) is 101 cm³/mol. The molecule has 2 rings (SSSR count). The number of hydrogen-bond acceptors (Lipinski definition) is 2. The number of carbonyl (C=O) groups excluding carboxylic acids is 1. The lowest BCUT2D eigenvalue weighted by atomic mass is 10.1. The highest BCUT2D eigenvalue weighted by molar-refractivity contribution is 5.93. The maximum absolute atomic E-state index is 12.4. The highest BCUT2D eigenvalue weighted by atomic mass is 16.2. The van der Waals surface area contributed by atoms with E-state index in [1.807, 2.05) is 30.0 Å². The predicted octanol–water partition coefficient (Wildman–Crippen LogP) is 3.96. The van der Waals surface area contributed by atoms with Crippen LogP contribution in [0.15, 0.2) is 54.6 Å². The Morgan fingerprint density at radius 1 is 1.04 bits per heavy atom. The first-order valence-electron chi connectivity index (χ1n) is 8.82. The molecule has 3 heteroatoms. The minimum Gasteiger partial charge on any atom is -0.316 e. The maximum atomic E-state index is 12.4. The van der Waals surface area contributed by atoms with E-state index >= 15 is 0 Å². The van der Waals surface area contributed by atoms with E-state index in [0.29, 0.717) is 13.0 Å². The molecule has 1 N–H and O–H groups in total. The van der Waals surface area contributed by atoms with Crippen LogP contribution in [0.2, 0.25) is 0 Å². The topological polar surface area (TPSA) is 32.3 Å². The van der Waals surface area contributed by atoms with Crippen LogP contribution in [0, 0.1) is 6.92 Å². The van der Waals surface area contributed by atoms with Gasteiger partial charge in [0.05, 0.1) is 0 Å². The lowest BCUT2D eigenvalue weighted by Crippen LogP contribution is -2.33. The Hall–Kier alpha value is -2.13. The third-order valence-corrected chi connectivity index (χ3v) is 4.11. The van der Waals surface area contributed by atoms with Gasteiger partial charge < -0.3 is 10.2 Å². The summed E-state index contributed by atoms with van der Waals surface area (Å²) < 4.78 is 0. The fourth-order valence-electron chi connectivity index (χ4n) is 2.82. The molecule has 0 radical (unpaired) electrons. The SMILES string of the molecule is CCN(C(=O)CCNCCCc1ccccc1)c1cccc(C)c1. The first-order valence-corrected chi connectivity index (χ1v) is 8.82. The summed E-state index contributed by atoms with van der Waals surface area (Å²) in [6.07, 6.45) is 2.70. The van der Waals surface area contributed by atoms with Crippen molar-refractivity contribution < 1.29 is 4.79 Å². The molecule has 1 amide bonds. The number of anilines is 1. The zero-order valence-electron chi connectivity index (χ0n) is 14.8. The molecule has 2 aromatic carbocycles. The summed E-state index contributed by atoms with van der Waals surface area (Å²) in [6, 6.07) is 18.6. The third kappa shape index (κ3) is 5.82. The fourth-order valence-corrected chi connectivity index (χ4v) is 2.82. The van der Waals surface area contributed by atoms with Crippen molar-refractivity contribution >= 4 is 11.6 Å². The molecule has 0 bridgehead atoms. The number of carbonyl (C=O) groups is 1. The molecule has 0 saturated carbocycles. The molecule has 128 valence electrons. The van der Waals surface area contributed by atoms with Crippen LogP contribution in [0.5, 0.6) is 0 Å². The summed E-state index contributed by atoms with van der Waals surface area (Å²) in [7, 11) is 0. The average Bonchev–Trinajstić information content (AvgIpc) is 2.59. The van der Waals surface area contributed by atoms with E-state index in [0.717, 1.165) is 31.6 Å². The zero-order valence-corrected chi connectivity index (χ0v) is 14.8. The lowest BCUT2D eigenvalue weighted by Gasteiger charge is -2.21. The molecule has 0 aliphatic carbocycles. The van der Waals surface area contributed by atoms with Gasteiger partial charge in [-0.1, -0.05) is 42.5 Å². The normalized spacial score (nSPS) is 10.6. The number of benzene rings is 2. The fraction of sp³-hybridized carbons (Fsp3) is 0.381. The molecule has 0 unspecified atom stereocenters. The second-order valence-electron chi connectivity index (χ2n) is 6.07. The number of nitrogens with zero attached hydrogens (tertiary/aromatic N) is 1. The van der Waals surface area contributed by atoms with Gasteiger partial charge >= 0.3 is 0 Å². The largest absolute Gasteiger partial charge is 0.316 e. The number of rotatable bonds is 9. The van der Waals surface area contributed by atoms with E-state index in [2.05, 4.69) is 48.6 Å². The smallest absolute Gasteiger partial charge is 0.228 e. The van der Waals surface area contributed by atoms with Gasteiger partial charge in [-0.05, 0) is 56.5 Å². The van der Waals surface area contributed by atoms with Crippen LogP contribution in [0.25, 0.3) is 0 Å². The van der Waals surface area contributed by atoms with Crippen LogP contribution < -0.4 is 10.2 Å². The van der Waals surface area contributed by atoms with Gasteiger partial charge in [-0.25, -0.2) is 0 Å². The van der Waals surface area contributed by atoms with Crippen LogP contribution in [-0.2, 0) is 11.2 Å². The number of aryl methyl sites for hydroxylation is 2. The molecule has 0 saturated heterocycles. The van der Waals surface area contributed by atoms with Crippen LogP contribution in [-0.4, -0.2) is 25.5 Å². The van der Waals surface area contributed by atoms with Crippen LogP contribution >= 0.6 is 0 Å². The van der Waals surface area contributed by atoms with E-state index in [-0.39, 0.29) is 5.91 Å². The molecular weight excluding hydrogens is 296 g/mol. The molecule has 0 aromatic heterocycles. The van der Waals surface area contributed by atoms with Crippen molar-refractivity contribution in [2.24, 2.45) is 0 Å². The van der Waals surface area contributed by atoms with Gasteiger partial charge in [0.2, 0.25) is 5.91 Å². The van der Waals surface area contributed by atoms with Crippen molar-refractivity contribution in [3.8, 4) is 0 Å². The molecule has 0 fully saturated rings. The molecule has 0 aliphatic heterocycles. The summed E-state index contributed by atoms with van der Waals surface area (Å²) in [5.41, 5.74) is 3.54. The molecule has 0 atom stereocenters. The van der Waals surface area contributed by atoms with E-state index in [9.17, 15) is 4.79 Å². The minimum atomic E-state index is 0.179. The van der Waals surface area contributed by atoms with Gasteiger partial charge in [-0.3, -0.25) is 4.79 Å². The lowest BCUT2D eigenvalue weighted by molar-refractivity contribution is -0.118. The Morgan fingerprint density at radius 2 is 1.83 bits per heavy atom. The number of hydrogen-bond donors (Lipinski definition) is 1. The Labute approximate surface area is 145 Å². The molecule has 0 aliphatic rings. The van der Waals surface area contributed by atoms with Gasteiger partial charge in [0.25, 0.3) is 0 Å². The second kappa shape index (κ2) is 9.89. The average molecular weight is 324 g/mol. The minimum absolute atomic E-state index is 0.179. The summed E-state index contributed by atoms with van der Waals surface area (Å²) in [4.78, 5) is 14.3. The van der Waals surface area contributed by atoms with Gasteiger partial charge in [-0.15, -0.1) is 0 Å². The van der Waals surface area contributed by atoms with Crippen molar-refractivity contribution in [2.75, 3.05) is 24.5 Å². The van der Waals surface area contributed by atoms with Crippen LogP contribution in [0.1, 0.15) is 30.9 Å². The standard InChI is InChI=1S/C21H28N2O/c1-3-23(20-13-7-9-18(2)17-20)21(24)14-16-22-15-8-12-19-10-5-4-6-11-19/h4-7,9-11,13,17,22H,3,8,12,14-16H2,1-2H3. The summed E-state index contributed by atoms with van der Waals surface area (Å²) in [6.45, 7) is 6.45. The summed E-state index contributed by atoms with van der Waals surface area (Å²) in [5.74, 6) is 0.179. The van der Waals surface area contributed by atoms with Crippen molar-refractivity contribution in [1.29, 1.82) is 0 Å². The monoisotopic (exact) mass is 324 g/mol. The van der Waals surface area contributed by atoms with Crippen molar-refractivity contribution in [3.63, 3.8) is 0 Å². The number of amides is 1. The Balaban J connectivity index is 1.68. The van der Waals surface area contributed by atoms with Gasteiger partial charge in [0, 0.05) is 25.2 Å². The molecule has 24 heavy (non-hydrogen) atoms. The van der Waals surface area contributed by atoms with E-state index in [4.69, 9.17) is 0 Å². The highest BCUT2D eigenvalue weighted by Gasteiger charge is 2.13. The summed E-state index contributed by atoms with van der Waals surface area (Å²) >= 11 is 0. The second-order valence-corrected chi connectivity index (χ2v) is 6.07. The zero-order chi connectivity index (χ0) is 17.2. The molecule has 0 heterocycles. The first kappa shape index (κ1) is 18.2. The van der Waals surface area contributed by atoms with Gasteiger partial charge in [0.15, 0.2) is 0 Å². The first-order chi connectivity index (χ1) is 11.7. The van der Waals surface area contributed by atoms with Crippen LogP contribution in [0.3, 0.4) is 0 Å². The van der Waals surface area contributed by atoms with Gasteiger partial charge in [-0.2, -0.15) is 0 Å². The Kier molecular flexibility index (Phi) is 7.50. The van der Waals surface area contributed by atoms with Crippen molar-refractivity contribution in [2.45, 2.75) is 33.1 Å².